The first-order valence-electron chi connectivity index (χ1n) is 5.33. The van der Waals surface area contributed by atoms with Crippen molar-refractivity contribution >= 4 is 5.95 Å². The minimum Gasteiger partial charge on any atom is -0.385 e. The molecule has 0 bridgehead atoms. The van der Waals surface area contributed by atoms with Crippen molar-refractivity contribution in [2.75, 3.05) is 25.6 Å². The average molecular weight is 220 g/mol. The number of aromatic nitrogens is 2. The molecule has 0 atom stereocenters. The van der Waals surface area contributed by atoms with E-state index in [0.717, 1.165) is 32.4 Å². The predicted molar refractivity (Wildman–Crippen MR) is 61.0 cm³/mol. The van der Waals surface area contributed by atoms with Crippen molar-refractivity contribution < 1.29 is 4.74 Å². The summed E-state index contributed by atoms with van der Waals surface area (Å²) in [5.74, 6) is 0.519. The molecule has 1 N–H and O–H groups in total. The molecule has 0 unspecified atom stereocenters. The summed E-state index contributed by atoms with van der Waals surface area (Å²) in [6.07, 6.45) is 4.80. The standard InChI is InChI=1S/C11H16N4O/c1-16-8-4-2-3-6-13-11-14-7-5-10(9-12)15-11/h5,7H,2-4,6,8H2,1H3,(H,13,14,15). The van der Waals surface area contributed by atoms with Gasteiger partial charge >= 0.3 is 0 Å². The lowest BCUT2D eigenvalue weighted by Crippen LogP contribution is -2.06. The molecule has 0 fully saturated rings. The molecule has 0 aliphatic heterocycles. The minimum atomic E-state index is 0.386. The van der Waals surface area contributed by atoms with Crippen LogP contribution in [0.2, 0.25) is 0 Å². The zero-order chi connectivity index (χ0) is 11.6. The Balaban J connectivity index is 2.19. The highest BCUT2D eigenvalue weighted by Gasteiger charge is 1.97. The Labute approximate surface area is 95.5 Å². The zero-order valence-electron chi connectivity index (χ0n) is 9.44. The summed E-state index contributed by atoms with van der Waals surface area (Å²) < 4.78 is 4.96. The van der Waals surface area contributed by atoms with E-state index in [0.29, 0.717) is 11.6 Å². The molecule has 16 heavy (non-hydrogen) atoms. The average Bonchev–Trinajstić information content (AvgIpc) is 2.34. The highest BCUT2D eigenvalue weighted by molar-refractivity contribution is 5.29. The molecule has 1 aromatic rings. The number of methoxy groups -OCH3 is 1. The Hall–Kier alpha value is -1.67. The van der Waals surface area contributed by atoms with Crippen LogP contribution in [0.3, 0.4) is 0 Å². The van der Waals surface area contributed by atoms with Crippen molar-refractivity contribution in [2.24, 2.45) is 0 Å². The lowest BCUT2D eigenvalue weighted by atomic mass is 10.2. The largest absolute Gasteiger partial charge is 0.385 e. The number of nitrogens with one attached hydrogen (secondary N) is 1. The molecule has 0 saturated carbocycles. The van der Waals surface area contributed by atoms with E-state index in [1.165, 1.54) is 0 Å². The fourth-order valence-electron chi connectivity index (χ4n) is 1.25. The smallest absolute Gasteiger partial charge is 0.223 e. The van der Waals surface area contributed by atoms with E-state index in [1.54, 1.807) is 19.4 Å². The normalized spacial score (nSPS) is 9.75. The van der Waals surface area contributed by atoms with Gasteiger partial charge in [0.15, 0.2) is 0 Å². The summed E-state index contributed by atoms with van der Waals surface area (Å²) in [6.45, 7) is 1.62. The summed E-state index contributed by atoms with van der Waals surface area (Å²) in [4.78, 5) is 8.04. The Morgan fingerprint density at radius 2 is 2.31 bits per heavy atom. The number of rotatable bonds is 7. The van der Waals surface area contributed by atoms with Crippen LogP contribution in [0, 0.1) is 11.3 Å². The Bertz CT molecular complexity index is 348. The van der Waals surface area contributed by atoms with Gasteiger partial charge in [-0.2, -0.15) is 5.26 Å². The van der Waals surface area contributed by atoms with Crippen molar-refractivity contribution in [1.82, 2.24) is 9.97 Å². The molecule has 5 nitrogen and oxygen atoms in total. The maximum absolute atomic E-state index is 8.65. The molecular formula is C11H16N4O. The van der Waals surface area contributed by atoms with Crippen LogP contribution in [-0.4, -0.2) is 30.2 Å². The second-order valence-corrected chi connectivity index (χ2v) is 3.36. The molecule has 0 aliphatic rings. The third-order valence-corrected chi connectivity index (χ3v) is 2.08. The fraction of sp³-hybridized carbons (Fsp3) is 0.545. The maximum atomic E-state index is 8.65. The van der Waals surface area contributed by atoms with Crippen LogP contribution in [0.1, 0.15) is 25.0 Å². The quantitative estimate of drug-likeness (QED) is 0.706. The number of nitrogens with zero attached hydrogens (tertiary/aromatic N) is 3. The maximum Gasteiger partial charge on any atom is 0.223 e. The Morgan fingerprint density at radius 1 is 1.44 bits per heavy atom. The van der Waals surface area contributed by atoms with E-state index in [1.807, 2.05) is 6.07 Å². The van der Waals surface area contributed by atoms with Crippen LogP contribution < -0.4 is 5.32 Å². The molecule has 0 aromatic carbocycles. The molecule has 1 heterocycles. The van der Waals surface area contributed by atoms with Gasteiger partial charge in [0.2, 0.25) is 5.95 Å². The zero-order valence-corrected chi connectivity index (χ0v) is 9.44. The lowest BCUT2D eigenvalue weighted by molar-refractivity contribution is 0.192. The number of nitriles is 1. The van der Waals surface area contributed by atoms with Crippen molar-refractivity contribution in [3.8, 4) is 6.07 Å². The molecule has 1 aromatic heterocycles. The highest BCUT2D eigenvalue weighted by atomic mass is 16.5. The number of ether oxygens (including phenoxy) is 1. The van der Waals surface area contributed by atoms with E-state index < -0.39 is 0 Å². The minimum absolute atomic E-state index is 0.386. The predicted octanol–water partition coefficient (Wildman–Crippen LogP) is 1.58. The van der Waals surface area contributed by atoms with Gasteiger partial charge in [-0.25, -0.2) is 9.97 Å². The van der Waals surface area contributed by atoms with Crippen LogP contribution in [-0.2, 0) is 4.74 Å². The number of hydrogen-bond acceptors (Lipinski definition) is 5. The van der Waals surface area contributed by atoms with E-state index in [-0.39, 0.29) is 0 Å². The topological polar surface area (TPSA) is 70.8 Å². The summed E-state index contributed by atoms with van der Waals surface area (Å²) in [5.41, 5.74) is 0.386. The third-order valence-electron chi connectivity index (χ3n) is 2.08. The third kappa shape index (κ3) is 4.71. The first kappa shape index (κ1) is 12.4. The first-order chi connectivity index (χ1) is 7.86. The van der Waals surface area contributed by atoms with E-state index in [2.05, 4.69) is 15.3 Å². The molecule has 0 amide bonds. The molecule has 0 aliphatic carbocycles. The molecule has 86 valence electrons. The summed E-state index contributed by atoms with van der Waals surface area (Å²) in [7, 11) is 1.71. The number of anilines is 1. The summed E-state index contributed by atoms with van der Waals surface area (Å²) in [5, 5.41) is 11.7. The van der Waals surface area contributed by atoms with E-state index >= 15 is 0 Å². The van der Waals surface area contributed by atoms with Gasteiger partial charge in [-0.05, 0) is 25.3 Å². The molecular weight excluding hydrogens is 204 g/mol. The number of hydrogen-bond donors (Lipinski definition) is 1. The summed E-state index contributed by atoms with van der Waals surface area (Å²) in [6, 6.07) is 3.57. The fourth-order valence-corrected chi connectivity index (χ4v) is 1.25. The highest BCUT2D eigenvalue weighted by Crippen LogP contribution is 2.01. The number of unbranched alkanes of at least 4 members (excludes halogenated alkanes) is 2. The molecule has 0 saturated heterocycles. The van der Waals surface area contributed by atoms with E-state index in [9.17, 15) is 0 Å². The van der Waals surface area contributed by atoms with Crippen molar-refractivity contribution in [3.05, 3.63) is 18.0 Å². The summed E-state index contributed by atoms with van der Waals surface area (Å²) >= 11 is 0. The van der Waals surface area contributed by atoms with Gasteiger partial charge in [0.1, 0.15) is 11.8 Å². The molecule has 0 spiro atoms. The van der Waals surface area contributed by atoms with Gasteiger partial charge in [0.05, 0.1) is 0 Å². The van der Waals surface area contributed by atoms with Crippen molar-refractivity contribution in [1.29, 1.82) is 5.26 Å². The van der Waals surface area contributed by atoms with Gasteiger partial charge in [-0.15, -0.1) is 0 Å². The van der Waals surface area contributed by atoms with Crippen LogP contribution in [0.5, 0.6) is 0 Å². The molecule has 1 rings (SSSR count). The van der Waals surface area contributed by atoms with Gasteiger partial charge in [-0.1, -0.05) is 0 Å². The van der Waals surface area contributed by atoms with E-state index in [4.69, 9.17) is 10.00 Å². The van der Waals surface area contributed by atoms with Crippen molar-refractivity contribution in [3.63, 3.8) is 0 Å². The van der Waals surface area contributed by atoms with Gasteiger partial charge in [0, 0.05) is 26.5 Å². The monoisotopic (exact) mass is 220 g/mol. The first-order valence-corrected chi connectivity index (χ1v) is 5.33. The van der Waals surface area contributed by atoms with Gasteiger partial charge in [0.25, 0.3) is 0 Å². The van der Waals surface area contributed by atoms with Gasteiger partial charge in [-0.3, -0.25) is 0 Å². The van der Waals surface area contributed by atoms with Crippen molar-refractivity contribution in [2.45, 2.75) is 19.3 Å². The van der Waals surface area contributed by atoms with Crippen LogP contribution in [0.15, 0.2) is 12.3 Å². The Kier molecular flexibility index (Phi) is 5.89. The van der Waals surface area contributed by atoms with Crippen LogP contribution in [0.25, 0.3) is 0 Å². The van der Waals surface area contributed by atoms with Gasteiger partial charge < -0.3 is 10.1 Å². The van der Waals surface area contributed by atoms with Crippen LogP contribution in [0.4, 0.5) is 5.95 Å². The molecule has 0 radical (unpaired) electrons. The second kappa shape index (κ2) is 7.60. The lowest BCUT2D eigenvalue weighted by Gasteiger charge is -2.04. The molecule has 5 heteroatoms. The Morgan fingerprint density at radius 3 is 3.06 bits per heavy atom. The SMILES string of the molecule is COCCCCCNc1nccc(C#N)n1. The van der Waals surface area contributed by atoms with Crippen LogP contribution >= 0.6 is 0 Å². The second-order valence-electron chi connectivity index (χ2n) is 3.36.